The van der Waals surface area contributed by atoms with E-state index in [1.165, 1.54) is 16.8 Å². The van der Waals surface area contributed by atoms with E-state index in [-0.39, 0.29) is 0 Å². The second-order valence-electron chi connectivity index (χ2n) is 7.86. The van der Waals surface area contributed by atoms with Gasteiger partial charge in [0.2, 0.25) is 0 Å². The van der Waals surface area contributed by atoms with Crippen molar-refractivity contribution in [3.8, 4) is 0 Å². The number of nitrogens with zero attached hydrogens (tertiary/aromatic N) is 2. The van der Waals surface area contributed by atoms with E-state index in [0.29, 0.717) is 0 Å². The van der Waals surface area contributed by atoms with Crippen molar-refractivity contribution in [3.05, 3.63) is 124 Å². The van der Waals surface area contributed by atoms with E-state index in [9.17, 15) is 0 Å². The van der Waals surface area contributed by atoms with Crippen LogP contribution in [0.25, 0.3) is 18.2 Å². The molecule has 0 spiro atoms. The maximum Gasteiger partial charge on any atom is 0.0659 e. The lowest BCUT2D eigenvalue weighted by molar-refractivity contribution is 1.09. The molecule has 0 radical (unpaired) electrons. The van der Waals surface area contributed by atoms with Crippen molar-refractivity contribution in [1.82, 2.24) is 9.97 Å². The number of rotatable bonds is 2. The number of H-pyrrole nitrogens is 2. The summed E-state index contributed by atoms with van der Waals surface area (Å²) in [5.74, 6) is 0. The van der Waals surface area contributed by atoms with E-state index in [1.54, 1.807) is 0 Å². The summed E-state index contributed by atoms with van der Waals surface area (Å²) >= 11 is 0. The molecule has 0 amide bonds. The molecule has 148 valence electrons. The van der Waals surface area contributed by atoms with E-state index in [4.69, 9.17) is 4.99 Å². The van der Waals surface area contributed by atoms with Crippen LogP contribution >= 0.6 is 0 Å². The van der Waals surface area contributed by atoms with Gasteiger partial charge >= 0.3 is 0 Å². The Morgan fingerprint density at radius 1 is 0.645 bits per heavy atom. The molecule has 2 aromatic heterocycles. The highest BCUT2D eigenvalue weighted by Crippen LogP contribution is 2.21. The molecule has 1 aromatic carbocycles. The van der Waals surface area contributed by atoms with Crippen LogP contribution in [0.4, 0.5) is 0 Å². The molecule has 4 nitrogen and oxygen atoms in total. The summed E-state index contributed by atoms with van der Waals surface area (Å²) in [6, 6.07) is 16.9. The van der Waals surface area contributed by atoms with Gasteiger partial charge in [0, 0.05) is 28.5 Å². The van der Waals surface area contributed by atoms with Crippen molar-refractivity contribution >= 4 is 29.7 Å². The normalized spacial score (nSPS) is 16.3. The maximum atomic E-state index is 4.73. The topological polar surface area (TPSA) is 56.3 Å². The predicted octanol–water partition coefficient (Wildman–Crippen LogP) is 3.80. The Balaban J connectivity index is 1.52. The average molecular weight is 400 g/mol. The third kappa shape index (κ3) is 3.71. The Kier molecular flexibility index (Phi) is 4.13. The SMILES string of the molecule is C1=CC2=NC1=Cc1cc(c(Cc3ccccc3)[nH]1)C=c1ccc([nH]1)=CC1=NC(=C2)C=C1. The molecule has 6 rings (SSSR count). The lowest BCUT2D eigenvalue weighted by atomic mass is 10.1. The van der Waals surface area contributed by atoms with Gasteiger partial charge in [0.05, 0.1) is 22.8 Å². The fourth-order valence-electron chi connectivity index (χ4n) is 4.04. The zero-order chi connectivity index (χ0) is 20.6. The summed E-state index contributed by atoms with van der Waals surface area (Å²) in [5.41, 5.74) is 8.35. The Morgan fingerprint density at radius 2 is 1.35 bits per heavy atom. The van der Waals surface area contributed by atoms with Gasteiger partial charge in [-0.05, 0) is 77.9 Å². The number of allylic oxidation sites excluding steroid dienone is 5. The van der Waals surface area contributed by atoms with Crippen molar-refractivity contribution in [2.24, 2.45) is 9.98 Å². The molecule has 3 aromatic rings. The van der Waals surface area contributed by atoms with Crippen molar-refractivity contribution in [1.29, 1.82) is 0 Å². The van der Waals surface area contributed by atoms with Gasteiger partial charge in [0.1, 0.15) is 0 Å². The van der Waals surface area contributed by atoms with Crippen LogP contribution in [0.3, 0.4) is 0 Å². The molecule has 0 saturated carbocycles. The minimum atomic E-state index is 0.841. The van der Waals surface area contributed by atoms with E-state index in [2.05, 4.69) is 75.7 Å². The van der Waals surface area contributed by atoms with Crippen LogP contribution < -0.4 is 10.7 Å². The second kappa shape index (κ2) is 7.26. The lowest BCUT2D eigenvalue weighted by Gasteiger charge is -2.01. The van der Waals surface area contributed by atoms with Crippen LogP contribution in [-0.4, -0.2) is 21.4 Å². The monoisotopic (exact) mass is 400 g/mol. The first-order valence-corrected chi connectivity index (χ1v) is 10.4. The summed E-state index contributed by atoms with van der Waals surface area (Å²) in [6.45, 7) is 0. The first-order chi connectivity index (χ1) is 15.3. The highest BCUT2D eigenvalue weighted by atomic mass is 14.8. The molecule has 3 aliphatic heterocycles. The van der Waals surface area contributed by atoms with Crippen LogP contribution in [0, 0.1) is 0 Å². The summed E-state index contributed by atoms with van der Waals surface area (Å²) < 4.78 is 0. The minimum Gasteiger partial charge on any atom is -0.358 e. The van der Waals surface area contributed by atoms with Crippen molar-refractivity contribution in [2.45, 2.75) is 6.42 Å². The molecule has 0 aliphatic carbocycles. The van der Waals surface area contributed by atoms with Crippen LogP contribution in [0.1, 0.15) is 22.5 Å². The Hall–Kier alpha value is -4.18. The molecule has 4 heteroatoms. The molecule has 5 heterocycles. The van der Waals surface area contributed by atoms with Gasteiger partial charge in [-0.2, -0.15) is 0 Å². The number of hydrogen-bond donors (Lipinski definition) is 2. The number of benzene rings is 1. The summed E-state index contributed by atoms with van der Waals surface area (Å²) in [6.07, 6.45) is 17.3. The summed E-state index contributed by atoms with van der Waals surface area (Å²) in [5, 5.41) is 2.09. The fourth-order valence-corrected chi connectivity index (χ4v) is 4.04. The standard InChI is InChI=1S/C27H20N4/c1-2-4-18(5-3-1)12-27-19-13-20-6-7-21(28-20)15-22-8-9-23(29-22)16-24-10-11-25(30-24)17-26(14-19)31-27/h1-11,13-17,28,31H,12H2. The average Bonchev–Trinajstić information content (AvgIpc) is 3.55. The van der Waals surface area contributed by atoms with Gasteiger partial charge in [-0.25, -0.2) is 9.98 Å². The molecule has 8 bridgehead atoms. The van der Waals surface area contributed by atoms with Crippen LogP contribution in [-0.2, 0) is 6.42 Å². The zero-order valence-corrected chi connectivity index (χ0v) is 16.8. The Labute approximate surface area is 179 Å². The molecule has 0 atom stereocenters. The largest absolute Gasteiger partial charge is 0.358 e. The maximum absolute atomic E-state index is 4.73. The van der Waals surface area contributed by atoms with E-state index in [0.717, 1.165) is 45.6 Å². The molecule has 0 unspecified atom stereocenters. The van der Waals surface area contributed by atoms with Crippen molar-refractivity contribution < 1.29 is 0 Å². The number of aromatic nitrogens is 2. The number of fused-ring (bicyclic) bond motifs is 6. The van der Waals surface area contributed by atoms with Crippen LogP contribution in [0.15, 0.2) is 100 Å². The Morgan fingerprint density at radius 3 is 2.16 bits per heavy atom. The summed E-state index contributed by atoms with van der Waals surface area (Å²) in [7, 11) is 0. The Bertz CT molecular complexity index is 1480. The second-order valence-corrected chi connectivity index (χ2v) is 7.86. The molecular weight excluding hydrogens is 380 g/mol. The zero-order valence-electron chi connectivity index (χ0n) is 16.8. The number of aliphatic imine (C=N–C) groups is 2. The first kappa shape index (κ1) is 17.7. The van der Waals surface area contributed by atoms with Crippen LogP contribution in [0.2, 0.25) is 0 Å². The van der Waals surface area contributed by atoms with Gasteiger partial charge < -0.3 is 9.97 Å². The first-order valence-electron chi connectivity index (χ1n) is 10.4. The van der Waals surface area contributed by atoms with Gasteiger partial charge in [-0.15, -0.1) is 0 Å². The van der Waals surface area contributed by atoms with Crippen molar-refractivity contribution in [3.63, 3.8) is 0 Å². The van der Waals surface area contributed by atoms with Gasteiger partial charge in [-0.3, -0.25) is 0 Å². The third-order valence-electron chi connectivity index (χ3n) is 5.49. The third-order valence-corrected chi connectivity index (χ3v) is 5.49. The highest BCUT2D eigenvalue weighted by molar-refractivity contribution is 6.19. The predicted molar refractivity (Wildman–Crippen MR) is 127 cm³/mol. The van der Waals surface area contributed by atoms with Crippen LogP contribution in [0.5, 0.6) is 0 Å². The summed E-state index contributed by atoms with van der Waals surface area (Å²) in [4.78, 5) is 16.5. The molecule has 0 saturated heterocycles. The van der Waals surface area contributed by atoms with E-state index < -0.39 is 0 Å². The van der Waals surface area contributed by atoms with E-state index >= 15 is 0 Å². The van der Waals surface area contributed by atoms with Gasteiger partial charge in [0.15, 0.2) is 0 Å². The van der Waals surface area contributed by atoms with E-state index in [1.807, 2.05) is 36.4 Å². The quantitative estimate of drug-likeness (QED) is 0.658. The number of nitrogens with one attached hydrogen (secondary N) is 2. The molecule has 2 N–H and O–H groups in total. The molecule has 31 heavy (non-hydrogen) atoms. The smallest absolute Gasteiger partial charge is 0.0659 e. The minimum absolute atomic E-state index is 0.841. The lowest BCUT2D eigenvalue weighted by Crippen LogP contribution is -2.11. The molecule has 0 fully saturated rings. The number of hydrogen-bond acceptors (Lipinski definition) is 2. The van der Waals surface area contributed by atoms with Crippen molar-refractivity contribution in [2.75, 3.05) is 0 Å². The van der Waals surface area contributed by atoms with Gasteiger partial charge in [-0.1, -0.05) is 30.3 Å². The number of aromatic amines is 2. The fraction of sp³-hybridized carbons (Fsp3) is 0.0370. The van der Waals surface area contributed by atoms with Gasteiger partial charge in [0.25, 0.3) is 0 Å². The molecule has 3 aliphatic rings. The highest BCUT2D eigenvalue weighted by Gasteiger charge is 2.10. The molecular formula is C27H20N4.